The first-order valence-electron chi connectivity index (χ1n) is 4.75. The second-order valence-electron chi connectivity index (χ2n) is 3.55. The molecule has 4 heteroatoms. The van der Waals surface area contributed by atoms with Crippen LogP contribution in [0.1, 0.15) is 16.8 Å². The molecule has 15 heavy (non-hydrogen) atoms. The second kappa shape index (κ2) is 4.54. The zero-order valence-electron chi connectivity index (χ0n) is 8.00. The molecule has 1 atom stereocenters. The fourth-order valence-electron chi connectivity index (χ4n) is 1.65. The molecule has 0 N–H and O–H groups in total. The van der Waals surface area contributed by atoms with Crippen molar-refractivity contribution < 1.29 is 9.18 Å². The number of rotatable bonds is 2. The minimum Gasteiger partial charge on any atom is -0.294 e. The van der Waals surface area contributed by atoms with Gasteiger partial charge in [0, 0.05) is 16.7 Å². The van der Waals surface area contributed by atoms with Gasteiger partial charge in [0.1, 0.15) is 5.82 Å². The minimum absolute atomic E-state index is 0.0389. The lowest BCUT2D eigenvalue weighted by Crippen LogP contribution is -2.15. The summed E-state index contributed by atoms with van der Waals surface area (Å²) in [5.74, 6) is 1.16. The van der Waals surface area contributed by atoms with E-state index in [0.29, 0.717) is 5.02 Å². The van der Waals surface area contributed by atoms with E-state index in [1.165, 1.54) is 18.2 Å². The molecule has 1 aromatic carbocycles. The Morgan fingerprint density at radius 3 is 3.00 bits per heavy atom. The van der Waals surface area contributed by atoms with E-state index < -0.39 is 5.82 Å². The van der Waals surface area contributed by atoms with Crippen molar-refractivity contribution in [1.29, 1.82) is 0 Å². The SMILES string of the molecule is O=C(c1cc(Cl)ccc1F)C1CCSC1. The average molecular weight is 245 g/mol. The van der Waals surface area contributed by atoms with Gasteiger partial charge in [0.05, 0.1) is 5.56 Å². The van der Waals surface area contributed by atoms with Crippen molar-refractivity contribution in [2.75, 3.05) is 11.5 Å². The summed E-state index contributed by atoms with van der Waals surface area (Å²) in [5.41, 5.74) is 0.134. The fourth-order valence-corrected chi connectivity index (χ4v) is 3.04. The number of halogens is 2. The molecule has 0 spiro atoms. The van der Waals surface area contributed by atoms with Crippen molar-refractivity contribution >= 4 is 29.1 Å². The fraction of sp³-hybridized carbons (Fsp3) is 0.364. The molecule has 1 unspecified atom stereocenters. The minimum atomic E-state index is -0.471. The number of carbonyl (C=O) groups excluding carboxylic acids is 1. The Balaban J connectivity index is 2.27. The quantitative estimate of drug-likeness (QED) is 0.742. The molecule has 0 bridgehead atoms. The van der Waals surface area contributed by atoms with E-state index in [-0.39, 0.29) is 17.3 Å². The number of hydrogen-bond acceptors (Lipinski definition) is 2. The van der Waals surface area contributed by atoms with E-state index in [9.17, 15) is 9.18 Å². The van der Waals surface area contributed by atoms with Gasteiger partial charge in [0.25, 0.3) is 0 Å². The van der Waals surface area contributed by atoms with Gasteiger partial charge in [-0.25, -0.2) is 4.39 Å². The average Bonchev–Trinajstić information content (AvgIpc) is 2.74. The monoisotopic (exact) mass is 244 g/mol. The highest BCUT2D eigenvalue weighted by atomic mass is 35.5. The normalized spacial score (nSPS) is 20.5. The first-order chi connectivity index (χ1) is 7.18. The molecule has 0 saturated carbocycles. The molecule has 2 rings (SSSR count). The lowest BCUT2D eigenvalue weighted by Gasteiger charge is -2.08. The van der Waals surface area contributed by atoms with Crippen molar-refractivity contribution in [3.05, 3.63) is 34.6 Å². The van der Waals surface area contributed by atoms with Crippen molar-refractivity contribution in [1.82, 2.24) is 0 Å². The highest BCUT2D eigenvalue weighted by Gasteiger charge is 2.26. The van der Waals surface area contributed by atoms with Crippen LogP contribution in [0.15, 0.2) is 18.2 Å². The van der Waals surface area contributed by atoms with Crippen LogP contribution in [0.25, 0.3) is 0 Å². The van der Waals surface area contributed by atoms with Crippen LogP contribution in [0.5, 0.6) is 0 Å². The Labute approximate surface area is 97.0 Å². The van der Waals surface area contributed by atoms with E-state index in [2.05, 4.69) is 0 Å². The first kappa shape index (κ1) is 11.0. The van der Waals surface area contributed by atoms with E-state index in [1.807, 2.05) is 0 Å². The molecular weight excluding hydrogens is 235 g/mol. The highest BCUT2D eigenvalue weighted by molar-refractivity contribution is 7.99. The third kappa shape index (κ3) is 2.34. The van der Waals surface area contributed by atoms with Gasteiger partial charge < -0.3 is 0 Å². The maximum Gasteiger partial charge on any atom is 0.169 e. The standard InChI is InChI=1S/C11H10ClFOS/c12-8-1-2-10(13)9(5-8)11(14)7-3-4-15-6-7/h1-2,5,7H,3-4,6H2. The molecule has 0 amide bonds. The summed E-state index contributed by atoms with van der Waals surface area (Å²) in [6, 6.07) is 4.12. The van der Waals surface area contributed by atoms with Crippen LogP contribution < -0.4 is 0 Å². The van der Waals surface area contributed by atoms with Gasteiger partial charge in [-0.1, -0.05) is 11.6 Å². The second-order valence-corrected chi connectivity index (χ2v) is 5.14. The molecule has 1 fully saturated rings. The molecule has 80 valence electrons. The van der Waals surface area contributed by atoms with Gasteiger partial charge in [-0.2, -0.15) is 11.8 Å². The molecule has 1 saturated heterocycles. The van der Waals surface area contributed by atoms with E-state index >= 15 is 0 Å². The van der Waals surface area contributed by atoms with Crippen LogP contribution in [-0.2, 0) is 0 Å². The molecule has 0 radical (unpaired) electrons. The van der Waals surface area contributed by atoms with Gasteiger partial charge in [-0.05, 0) is 30.4 Å². The zero-order chi connectivity index (χ0) is 10.8. The number of ketones is 1. The first-order valence-corrected chi connectivity index (χ1v) is 6.29. The zero-order valence-corrected chi connectivity index (χ0v) is 9.58. The number of Topliss-reactive ketones (excluding diaryl/α,β-unsaturated/α-hetero) is 1. The maximum atomic E-state index is 13.4. The summed E-state index contributed by atoms with van der Waals surface area (Å²) >= 11 is 7.48. The molecule has 0 aliphatic carbocycles. The molecular formula is C11H10ClFOS. The predicted molar refractivity (Wildman–Crippen MR) is 61.2 cm³/mol. The number of hydrogen-bond donors (Lipinski definition) is 0. The summed E-state index contributed by atoms with van der Waals surface area (Å²) in [7, 11) is 0. The Morgan fingerprint density at radius 2 is 2.33 bits per heavy atom. The number of thioether (sulfide) groups is 1. The van der Waals surface area contributed by atoms with Crippen LogP contribution in [0.2, 0.25) is 5.02 Å². The van der Waals surface area contributed by atoms with Crippen molar-refractivity contribution in [3.63, 3.8) is 0 Å². The summed E-state index contributed by atoms with van der Waals surface area (Å²) in [5, 5.41) is 0.408. The Bertz CT molecular complexity index is 388. The summed E-state index contributed by atoms with van der Waals surface area (Å²) in [6.07, 6.45) is 0.843. The van der Waals surface area contributed by atoms with Crippen LogP contribution in [0, 0.1) is 11.7 Å². The summed E-state index contributed by atoms with van der Waals surface area (Å²) < 4.78 is 13.4. The van der Waals surface area contributed by atoms with Crippen molar-refractivity contribution in [3.8, 4) is 0 Å². The topological polar surface area (TPSA) is 17.1 Å². The molecule has 1 aromatic rings. The number of benzene rings is 1. The third-order valence-electron chi connectivity index (χ3n) is 2.49. The van der Waals surface area contributed by atoms with Gasteiger partial charge in [0.2, 0.25) is 0 Å². The van der Waals surface area contributed by atoms with Crippen molar-refractivity contribution in [2.24, 2.45) is 5.92 Å². The largest absolute Gasteiger partial charge is 0.294 e. The molecule has 0 aromatic heterocycles. The maximum absolute atomic E-state index is 13.4. The predicted octanol–water partition coefficient (Wildman–Crippen LogP) is 3.41. The molecule has 1 nitrogen and oxygen atoms in total. The van der Waals surface area contributed by atoms with Gasteiger partial charge in [-0.3, -0.25) is 4.79 Å². The van der Waals surface area contributed by atoms with Crippen LogP contribution in [0.3, 0.4) is 0 Å². The Hall–Kier alpha value is -0.540. The Morgan fingerprint density at radius 1 is 1.53 bits per heavy atom. The lowest BCUT2D eigenvalue weighted by molar-refractivity contribution is 0.0929. The van der Waals surface area contributed by atoms with Crippen molar-refractivity contribution in [2.45, 2.75) is 6.42 Å². The molecule has 1 aliphatic rings. The van der Waals surface area contributed by atoms with Gasteiger partial charge in [-0.15, -0.1) is 0 Å². The van der Waals surface area contributed by atoms with Crippen LogP contribution >= 0.6 is 23.4 Å². The molecule has 1 aliphatic heterocycles. The van der Waals surface area contributed by atoms with Gasteiger partial charge >= 0.3 is 0 Å². The van der Waals surface area contributed by atoms with E-state index in [1.54, 1.807) is 11.8 Å². The highest BCUT2D eigenvalue weighted by Crippen LogP contribution is 2.28. The molecule has 1 heterocycles. The third-order valence-corrected chi connectivity index (χ3v) is 3.89. The smallest absolute Gasteiger partial charge is 0.169 e. The van der Waals surface area contributed by atoms with Gasteiger partial charge in [0.15, 0.2) is 5.78 Å². The number of carbonyl (C=O) groups is 1. The van der Waals surface area contributed by atoms with E-state index in [4.69, 9.17) is 11.6 Å². The summed E-state index contributed by atoms with van der Waals surface area (Å²) in [4.78, 5) is 11.9. The lowest BCUT2D eigenvalue weighted by atomic mass is 9.97. The van der Waals surface area contributed by atoms with Crippen LogP contribution in [0.4, 0.5) is 4.39 Å². The van der Waals surface area contributed by atoms with Crippen LogP contribution in [-0.4, -0.2) is 17.3 Å². The van der Waals surface area contributed by atoms with E-state index in [0.717, 1.165) is 17.9 Å². The Kier molecular flexibility index (Phi) is 3.32. The summed E-state index contributed by atoms with van der Waals surface area (Å²) in [6.45, 7) is 0.